The molecule has 42 heavy (non-hydrogen) atoms. The van der Waals surface area contributed by atoms with Gasteiger partial charge in [-0.1, -0.05) is 24.2 Å². The first-order chi connectivity index (χ1) is 20.1. The van der Waals surface area contributed by atoms with Gasteiger partial charge in [0.2, 0.25) is 5.91 Å². The molecular weight excluding hydrogens is 573 g/mol. The van der Waals surface area contributed by atoms with Gasteiger partial charge in [-0.25, -0.2) is 23.1 Å². The normalized spacial score (nSPS) is 17.5. The molecule has 2 amide bonds. The number of rotatable bonds is 8. The summed E-state index contributed by atoms with van der Waals surface area (Å²) in [5, 5.41) is 15.1. The fraction of sp³-hybridized carbons (Fsp3) is 0.250. The van der Waals surface area contributed by atoms with Crippen LogP contribution in [0.5, 0.6) is 0 Å². The molecule has 1 aliphatic heterocycles. The Balaban J connectivity index is 1.17. The van der Waals surface area contributed by atoms with E-state index in [1.807, 2.05) is 13.0 Å². The van der Waals surface area contributed by atoms with Gasteiger partial charge < -0.3 is 5.32 Å². The molecule has 2 aliphatic rings. The highest BCUT2D eigenvalue weighted by atomic mass is 35.5. The summed E-state index contributed by atoms with van der Waals surface area (Å²) in [6, 6.07) is 3.89. The van der Waals surface area contributed by atoms with Gasteiger partial charge in [-0.3, -0.25) is 19.2 Å². The number of carbonyl (C=O) groups excluding carboxylic acids is 2. The zero-order valence-electron chi connectivity index (χ0n) is 22.1. The predicted octanol–water partition coefficient (Wildman–Crippen LogP) is 5.09. The van der Waals surface area contributed by atoms with Crippen LogP contribution in [0.2, 0.25) is 5.02 Å². The molecule has 14 heteroatoms. The van der Waals surface area contributed by atoms with Crippen LogP contribution in [-0.2, 0) is 11.3 Å². The average molecular weight is 595 g/mol. The smallest absolute Gasteiger partial charge is 0.276 e. The van der Waals surface area contributed by atoms with E-state index in [1.54, 1.807) is 15.8 Å². The third kappa shape index (κ3) is 5.00. The van der Waals surface area contributed by atoms with E-state index in [2.05, 4.69) is 37.2 Å². The second-order valence-corrected chi connectivity index (χ2v) is 10.5. The van der Waals surface area contributed by atoms with Gasteiger partial charge in [-0.2, -0.15) is 10.2 Å². The Hall–Kier alpha value is -4.65. The van der Waals surface area contributed by atoms with Crippen molar-refractivity contribution in [2.45, 2.75) is 26.3 Å². The van der Waals surface area contributed by atoms with Gasteiger partial charge >= 0.3 is 0 Å². The number of benzene rings is 1. The number of halogens is 4. The number of fused-ring (bicyclic) bond motifs is 1. The fourth-order valence-corrected chi connectivity index (χ4v) is 5.22. The molecule has 10 nitrogen and oxygen atoms in total. The van der Waals surface area contributed by atoms with E-state index in [-0.39, 0.29) is 40.5 Å². The molecule has 2 fully saturated rings. The maximum Gasteiger partial charge on any atom is 0.276 e. The molecule has 3 aromatic heterocycles. The highest BCUT2D eigenvalue weighted by molar-refractivity contribution is 6.31. The third-order valence-corrected chi connectivity index (χ3v) is 7.52. The Labute approximate surface area is 242 Å². The quantitative estimate of drug-likeness (QED) is 0.302. The highest BCUT2D eigenvalue weighted by Gasteiger charge is 2.53. The van der Waals surface area contributed by atoms with Crippen molar-refractivity contribution >= 4 is 41.0 Å². The molecule has 1 aliphatic carbocycles. The monoisotopic (exact) mass is 594 g/mol. The van der Waals surface area contributed by atoms with Gasteiger partial charge in [0.15, 0.2) is 17.3 Å². The number of nitrogens with zero attached hydrogens (tertiary/aromatic N) is 7. The van der Waals surface area contributed by atoms with Crippen LogP contribution in [0.3, 0.4) is 0 Å². The number of anilines is 2. The Morgan fingerprint density at radius 3 is 2.79 bits per heavy atom. The van der Waals surface area contributed by atoms with Crippen molar-refractivity contribution in [2.75, 3.05) is 16.8 Å². The first-order valence-electron chi connectivity index (χ1n) is 12.9. The molecule has 2 atom stereocenters. The van der Waals surface area contributed by atoms with Gasteiger partial charge in [0, 0.05) is 29.8 Å². The maximum atomic E-state index is 14.7. The van der Waals surface area contributed by atoms with Crippen molar-refractivity contribution in [3.8, 4) is 11.3 Å². The minimum atomic E-state index is -2.99. The molecule has 0 bridgehead atoms. The van der Waals surface area contributed by atoms with Crippen molar-refractivity contribution in [3.63, 3.8) is 0 Å². The minimum absolute atomic E-state index is 0.0448. The van der Waals surface area contributed by atoms with Crippen molar-refractivity contribution < 1.29 is 22.8 Å². The van der Waals surface area contributed by atoms with Crippen LogP contribution in [0.1, 0.15) is 45.8 Å². The van der Waals surface area contributed by atoms with E-state index in [9.17, 15) is 22.8 Å². The van der Waals surface area contributed by atoms with Crippen LogP contribution in [0.25, 0.3) is 17.3 Å². The molecule has 4 aromatic rings. The summed E-state index contributed by atoms with van der Waals surface area (Å²) < 4.78 is 43.4. The number of hydrogen-bond acceptors (Lipinski definition) is 7. The number of aromatic nitrogens is 6. The van der Waals surface area contributed by atoms with E-state index in [1.165, 1.54) is 12.3 Å². The second-order valence-electron chi connectivity index (χ2n) is 10.1. The highest BCUT2D eigenvalue weighted by Crippen LogP contribution is 2.47. The van der Waals surface area contributed by atoms with Crippen LogP contribution in [-0.4, -0.2) is 48.3 Å². The Bertz CT molecular complexity index is 1760. The lowest BCUT2D eigenvalue weighted by atomic mass is 10.0. The van der Waals surface area contributed by atoms with Crippen LogP contribution in [0, 0.1) is 24.6 Å². The average Bonchev–Trinajstić information content (AvgIpc) is 3.49. The zero-order valence-corrected chi connectivity index (χ0v) is 22.8. The molecule has 4 heterocycles. The summed E-state index contributed by atoms with van der Waals surface area (Å²) >= 11 is 5.81. The first kappa shape index (κ1) is 27.5. The number of nitrogens with one attached hydrogen (secondary N) is 1. The van der Waals surface area contributed by atoms with Crippen LogP contribution < -0.4 is 10.2 Å². The van der Waals surface area contributed by atoms with Gasteiger partial charge in [0.25, 0.3) is 12.3 Å². The largest absolute Gasteiger partial charge is 0.318 e. The lowest BCUT2D eigenvalue weighted by Crippen LogP contribution is -2.30. The summed E-state index contributed by atoms with van der Waals surface area (Å²) in [6.45, 7) is 6.42. The Morgan fingerprint density at radius 1 is 1.29 bits per heavy atom. The van der Waals surface area contributed by atoms with Gasteiger partial charge in [0.05, 0.1) is 46.7 Å². The summed E-state index contributed by atoms with van der Waals surface area (Å²) in [7, 11) is 0. The molecule has 0 spiro atoms. The molecule has 1 saturated carbocycles. The number of carbonyl (C=O) groups is 2. The van der Waals surface area contributed by atoms with Crippen molar-refractivity contribution in [1.82, 2.24) is 29.9 Å². The molecular formula is C28H22ClF3N8O2. The summed E-state index contributed by atoms with van der Waals surface area (Å²) in [4.78, 5) is 35.3. The van der Waals surface area contributed by atoms with E-state index < -0.39 is 29.3 Å². The van der Waals surface area contributed by atoms with Gasteiger partial charge in [-0.15, -0.1) is 5.10 Å². The lowest BCUT2D eigenvalue weighted by molar-refractivity contribution is -0.118. The van der Waals surface area contributed by atoms with Gasteiger partial charge in [0.1, 0.15) is 0 Å². The number of hydrogen-bond donors (Lipinski definition) is 1. The van der Waals surface area contributed by atoms with E-state index in [0.717, 1.165) is 30.3 Å². The number of alkyl halides is 2. The fourth-order valence-electron chi connectivity index (χ4n) is 5.06. The summed E-state index contributed by atoms with van der Waals surface area (Å²) in [6.07, 6.45) is 3.20. The molecule has 6 rings (SSSR count). The number of aryl methyl sites for hydroxylation is 1. The molecule has 0 unspecified atom stereocenters. The molecule has 1 aromatic carbocycles. The topological polar surface area (TPSA) is 119 Å². The van der Waals surface area contributed by atoms with Crippen LogP contribution >= 0.6 is 11.6 Å². The zero-order chi connectivity index (χ0) is 29.7. The van der Waals surface area contributed by atoms with Crippen molar-refractivity contribution in [3.05, 3.63) is 82.4 Å². The van der Waals surface area contributed by atoms with E-state index in [4.69, 9.17) is 11.6 Å². The van der Waals surface area contributed by atoms with Crippen LogP contribution in [0.15, 0.2) is 43.4 Å². The van der Waals surface area contributed by atoms with E-state index in [0.29, 0.717) is 29.7 Å². The maximum absolute atomic E-state index is 14.7. The van der Waals surface area contributed by atoms with Crippen molar-refractivity contribution in [2.24, 2.45) is 11.8 Å². The first-order valence-corrected chi connectivity index (χ1v) is 13.3. The standard InChI is InChI=1S/C28H22ClF3N8O2/c1-3-20-24(33-9-21(36-20)22-17(25(31)32)4-5-19(29)23(22)30)27(41)35-16-8-34-39(12-16)11-15-6-13(2)26(38-37-15)40-10-14-7-18(14)28(40)42/h3-6,8-9,12,14,18,25H,1,7,10-11H2,2H3,(H,35,41)/t14-,18-/m1/s1. The third-order valence-electron chi connectivity index (χ3n) is 7.23. The molecule has 214 valence electrons. The number of piperidine rings is 1. The van der Waals surface area contributed by atoms with E-state index >= 15 is 0 Å². The Kier molecular flexibility index (Phi) is 6.97. The minimum Gasteiger partial charge on any atom is -0.318 e. The Morgan fingerprint density at radius 2 is 2.10 bits per heavy atom. The molecule has 1 saturated heterocycles. The van der Waals surface area contributed by atoms with Crippen molar-refractivity contribution in [1.29, 1.82) is 0 Å². The lowest BCUT2D eigenvalue weighted by Gasteiger charge is -2.18. The molecule has 1 N–H and O–H groups in total. The predicted molar refractivity (Wildman–Crippen MR) is 147 cm³/mol. The summed E-state index contributed by atoms with van der Waals surface area (Å²) in [5.41, 5.74) is 0.235. The number of amides is 2. The summed E-state index contributed by atoms with van der Waals surface area (Å²) in [5.74, 6) is -0.522. The van der Waals surface area contributed by atoms with Gasteiger partial charge in [-0.05, 0) is 43.0 Å². The molecule has 0 radical (unpaired) electrons. The van der Waals surface area contributed by atoms with Crippen LogP contribution in [0.4, 0.5) is 24.7 Å². The SMILES string of the molecule is C=Cc1nc(-c2c(C(F)F)ccc(Cl)c2F)cnc1C(=O)Nc1cnn(Cc2cc(C)c(N3C[C@H]4C[C@H]4C3=O)nn2)c1. The second kappa shape index (κ2) is 10.6.